The van der Waals surface area contributed by atoms with E-state index in [-0.39, 0.29) is 18.0 Å². The van der Waals surface area contributed by atoms with Gasteiger partial charge in [-0.2, -0.15) is 5.10 Å². The second-order valence-corrected chi connectivity index (χ2v) is 7.94. The number of aryl methyl sites for hydroxylation is 1. The van der Waals surface area contributed by atoms with Crippen LogP contribution in [0.4, 0.5) is 11.5 Å². The molecule has 0 radical (unpaired) electrons. The molecule has 1 N–H and O–H groups in total. The molecule has 1 aliphatic rings. The van der Waals surface area contributed by atoms with Gasteiger partial charge in [-0.3, -0.25) is 9.59 Å². The molecular weight excluding hydrogens is 364 g/mol. The van der Waals surface area contributed by atoms with Gasteiger partial charge in [0.2, 0.25) is 5.91 Å². The first-order chi connectivity index (χ1) is 14.0. The Bertz CT molecular complexity index is 1110. The fourth-order valence-electron chi connectivity index (χ4n) is 4.00. The van der Waals surface area contributed by atoms with E-state index in [2.05, 4.69) is 22.2 Å². The number of carbonyl (C=O) groups excluding carboxylic acids is 1. The molecule has 0 bridgehead atoms. The van der Waals surface area contributed by atoms with Gasteiger partial charge in [-0.15, -0.1) is 0 Å². The smallest absolute Gasteiger partial charge is 0.275 e. The largest absolute Gasteiger partial charge is 0.354 e. The molecule has 6 heteroatoms. The Kier molecular flexibility index (Phi) is 5.34. The van der Waals surface area contributed by atoms with Crippen LogP contribution in [0, 0.1) is 12.8 Å². The van der Waals surface area contributed by atoms with Gasteiger partial charge in [-0.25, -0.2) is 4.68 Å². The third-order valence-electron chi connectivity index (χ3n) is 5.40. The minimum Gasteiger partial charge on any atom is -0.354 e. The number of nitrogens with one attached hydrogen (secondary N) is 1. The highest BCUT2D eigenvalue weighted by atomic mass is 16.2. The summed E-state index contributed by atoms with van der Waals surface area (Å²) >= 11 is 0. The lowest BCUT2D eigenvalue weighted by Crippen LogP contribution is -2.38. The Morgan fingerprint density at radius 3 is 2.72 bits per heavy atom. The van der Waals surface area contributed by atoms with Crippen molar-refractivity contribution in [2.24, 2.45) is 5.92 Å². The lowest BCUT2D eigenvalue weighted by atomic mass is 10.00. The van der Waals surface area contributed by atoms with Crippen LogP contribution >= 0.6 is 0 Å². The summed E-state index contributed by atoms with van der Waals surface area (Å²) in [6, 6.07) is 15.1. The van der Waals surface area contributed by atoms with Gasteiger partial charge in [0, 0.05) is 24.2 Å². The van der Waals surface area contributed by atoms with Crippen LogP contribution in [0.15, 0.2) is 53.3 Å². The summed E-state index contributed by atoms with van der Waals surface area (Å²) in [5, 5.41) is 8.93. The molecule has 0 spiro atoms. The van der Waals surface area contributed by atoms with Crippen LogP contribution in [0.25, 0.3) is 10.8 Å². The first-order valence-electron chi connectivity index (χ1n) is 10.1. The average molecular weight is 390 g/mol. The molecule has 1 fully saturated rings. The molecule has 0 unspecified atom stereocenters. The minimum atomic E-state index is -0.265. The normalized spacial score (nSPS) is 16.8. The molecule has 1 amide bonds. The van der Waals surface area contributed by atoms with Crippen molar-refractivity contribution in [2.75, 3.05) is 23.3 Å². The fourth-order valence-corrected chi connectivity index (χ4v) is 4.00. The monoisotopic (exact) mass is 390 g/mol. The van der Waals surface area contributed by atoms with Crippen LogP contribution in [0.2, 0.25) is 0 Å². The number of fused-ring (bicyclic) bond motifs is 1. The van der Waals surface area contributed by atoms with Crippen molar-refractivity contribution < 1.29 is 4.79 Å². The summed E-state index contributed by atoms with van der Waals surface area (Å²) in [6.07, 6.45) is 2.30. The molecule has 4 rings (SSSR count). The van der Waals surface area contributed by atoms with Crippen LogP contribution in [0.1, 0.15) is 25.3 Å². The van der Waals surface area contributed by atoms with Gasteiger partial charge in [-0.1, -0.05) is 37.3 Å². The van der Waals surface area contributed by atoms with Crippen LogP contribution in [0.5, 0.6) is 0 Å². The molecule has 1 saturated heterocycles. The van der Waals surface area contributed by atoms with E-state index in [1.807, 2.05) is 55.5 Å². The van der Waals surface area contributed by atoms with E-state index in [1.165, 1.54) is 11.1 Å². The number of amides is 1. The molecule has 2 aromatic carbocycles. The van der Waals surface area contributed by atoms with Crippen LogP contribution in [0.3, 0.4) is 0 Å². The number of rotatable bonds is 4. The standard InChI is InChI=1S/C23H26N4O2/c1-16-7-5-9-18(13-16)24-21(28)15-27-23(29)20-11-4-3-10-19(20)22(25-27)26-12-6-8-17(2)14-26/h3-5,7,9-11,13,17H,6,8,12,14-15H2,1-2H3,(H,24,28)/t17-/m1/s1. The van der Waals surface area contributed by atoms with E-state index < -0.39 is 0 Å². The summed E-state index contributed by atoms with van der Waals surface area (Å²) < 4.78 is 1.29. The number of hydrogen-bond acceptors (Lipinski definition) is 4. The van der Waals surface area contributed by atoms with Crippen molar-refractivity contribution in [3.05, 3.63) is 64.4 Å². The van der Waals surface area contributed by atoms with E-state index in [4.69, 9.17) is 0 Å². The summed E-state index contributed by atoms with van der Waals surface area (Å²) in [5.41, 5.74) is 1.54. The van der Waals surface area contributed by atoms with Crippen molar-refractivity contribution in [3.63, 3.8) is 0 Å². The fraction of sp³-hybridized carbons (Fsp3) is 0.348. The SMILES string of the molecule is Cc1cccc(NC(=O)Cn2nc(N3CCC[C@@H](C)C3)c3ccccc3c2=O)c1. The van der Waals surface area contributed by atoms with E-state index in [0.717, 1.165) is 36.3 Å². The predicted molar refractivity (Wildman–Crippen MR) is 116 cm³/mol. The molecule has 29 heavy (non-hydrogen) atoms. The number of hydrogen-bond donors (Lipinski definition) is 1. The molecule has 1 atom stereocenters. The van der Waals surface area contributed by atoms with Gasteiger partial charge < -0.3 is 10.2 Å². The Hall–Kier alpha value is -3.15. The van der Waals surface area contributed by atoms with Crippen LogP contribution in [-0.2, 0) is 11.3 Å². The molecule has 0 saturated carbocycles. The number of carbonyl (C=O) groups is 1. The van der Waals surface area contributed by atoms with Crippen molar-refractivity contribution in [2.45, 2.75) is 33.2 Å². The maximum absolute atomic E-state index is 13.0. The summed E-state index contributed by atoms with van der Waals surface area (Å²) in [6.45, 7) is 5.91. The molecule has 0 aliphatic carbocycles. The maximum Gasteiger partial charge on any atom is 0.275 e. The van der Waals surface area contributed by atoms with Crippen LogP contribution in [-0.4, -0.2) is 28.8 Å². The quantitative estimate of drug-likeness (QED) is 0.739. The number of aromatic nitrogens is 2. The van der Waals surface area contributed by atoms with Crippen molar-refractivity contribution >= 4 is 28.2 Å². The lowest BCUT2D eigenvalue weighted by molar-refractivity contribution is -0.117. The third kappa shape index (κ3) is 4.16. The second kappa shape index (κ2) is 8.07. The van der Waals surface area contributed by atoms with E-state index in [0.29, 0.717) is 17.0 Å². The van der Waals surface area contributed by atoms with Gasteiger partial charge >= 0.3 is 0 Å². The van der Waals surface area contributed by atoms with Gasteiger partial charge in [0.25, 0.3) is 5.56 Å². The third-order valence-corrected chi connectivity index (χ3v) is 5.40. The number of anilines is 2. The number of benzene rings is 2. The molecule has 1 aliphatic heterocycles. The Morgan fingerprint density at radius 1 is 1.17 bits per heavy atom. The topological polar surface area (TPSA) is 67.2 Å². The van der Waals surface area contributed by atoms with Crippen molar-refractivity contribution in [1.82, 2.24) is 9.78 Å². The predicted octanol–water partition coefficient (Wildman–Crippen LogP) is 3.58. The highest BCUT2D eigenvalue weighted by Crippen LogP contribution is 2.26. The molecule has 2 heterocycles. The maximum atomic E-state index is 13.0. The van der Waals surface area contributed by atoms with E-state index in [1.54, 1.807) is 0 Å². The second-order valence-electron chi connectivity index (χ2n) is 7.94. The van der Waals surface area contributed by atoms with E-state index >= 15 is 0 Å². The van der Waals surface area contributed by atoms with Crippen molar-refractivity contribution in [1.29, 1.82) is 0 Å². The first-order valence-corrected chi connectivity index (χ1v) is 10.1. The Balaban J connectivity index is 1.68. The van der Waals surface area contributed by atoms with Gasteiger partial charge in [-0.05, 0) is 49.4 Å². The summed E-state index contributed by atoms with van der Waals surface area (Å²) in [4.78, 5) is 27.8. The first kappa shape index (κ1) is 19.2. The zero-order valence-electron chi connectivity index (χ0n) is 16.9. The van der Waals surface area contributed by atoms with Gasteiger partial charge in [0.05, 0.1) is 5.39 Å². The Labute approximate surface area is 170 Å². The zero-order chi connectivity index (χ0) is 20.4. The molecule has 6 nitrogen and oxygen atoms in total. The summed E-state index contributed by atoms with van der Waals surface area (Å²) in [5.74, 6) is 1.10. The average Bonchev–Trinajstić information content (AvgIpc) is 2.70. The summed E-state index contributed by atoms with van der Waals surface area (Å²) in [7, 11) is 0. The lowest BCUT2D eigenvalue weighted by Gasteiger charge is -2.32. The van der Waals surface area contributed by atoms with Gasteiger partial charge in [0.1, 0.15) is 6.54 Å². The van der Waals surface area contributed by atoms with Crippen molar-refractivity contribution in [3.8, 4) is 0 Å². The molecule has 3 aromatic rings. The van der Waals surface area contributed by atoms with Gasteiger partial charge in [0.15, 0.2) is 5.82 Å². The van der Waals surface area contributed by atoms with E-state index in [9.17, 15) is 9.59 Å². The molecular formula is C23H26N4O2. The Morgan fingerprint density at radius 2 is 1.97 bits per heavy atom. The number of piperidine rings is 1. The zero-order valence-corrected chi connectivity index (χ0v) is 16.9. The molecule has 1 aromatic heterocycles. The highest BCUT2D eigenvalue weighted by Gasteiger charge is 2.22. The van der Waals surface area contributed by atoms with Crippen LogP contribution < -0.4 is 15.8 Å². The highest BCUT2D eigenvalue weighted by molar-refractivity contribution is 5.93. The minimum absolute atomic E-state index is 0.117. The number of nitrogens with zero attached hydrogens (tertiary/aromatic N) is 3. The molecule has 150 valence electrons.